The molecule has 2 aliphatic rings. The highest BCUT2D eigenvalue weighted by atomic mass is 19.1. The smallest absolute Gasteiger partial charge is 0.335 e. The van der Waals surface area contributed by atoms with Crippen molar-refractivity contribution in [2.75, 3.05) is 25.6 Å². The highest BCUT2D eigenvalue weighted by Gasteiger charge is 2.34. The first kappa shape index (κ1) is 19.9. The third-order valence-corrected chi connectivity index (χ3v) is 6.93. The minimum atomic E-state index is -0.948. The Morgan fingerprint density at radius 2 is 1.94 bits per heavy atom. The SMILES string of the molecule is COc1ccc2c(c1)N(C)CCn1c-2c([C@@H]2CCCC[C@H]2F)c2ccc(C(=O)O)cc21. The molecule has 162 valence electrons. The molecule has 0 bridgehead atoms. The van der Waals surface area contributed by atoms with Gasteiger partial charge in [0, 0.05) is 54.3 Å². The Balaban J connectivity index is 1.85. The number of carboxylic acids is 1. The lowest BCUT2D eigenvalue weighted by Crippen LogP contribution is -2.20. The molecule has 31 heavy (non-hydrogen) atoms. The van der Waals surface area contributed by atoms with Gasteiger partial charge in [0.2, 0.25) is 0 Å². The maximum Gasteiger partial charge on any atom is 0.335 e. The molecule has 1 aromatic heterocycles. The van der Waals surface area contributed by atoms with Crippen molar-refractivity contribution in [1.29, 1.82) is 0 Å². The lowest BCUT2D eigenvalue weighted by molar-refractivity contribution is 0.0697. The van der Waals surface area contributed by atoms with Crippen LogP contribution in [0.2, 0.25) is 0 Å². The fourth-order valence-electron chi connectivity index (χ4n) is 5.34. The average Bonchev–Trinajstić information content (AvgIpc) is 3.02. The molecule has 6 heteroatoms. The second-order valence-corrected chi connectivity index (χ2v) is 8.66. The molecule has 2 heterocycles. The first-order chi connectivity index (χ1) is 15.0. The van der Waals surface area contributed by atoms with Crippen LogP contribution in [0.3, 0.4) is 0 Å². The van der Waals surface area contributed by atoms with Gasteiger partial charge < -0.3 is 19.3 Å². The predicted molar refractivity (Wildman–Crippen MR) is 120 cm³/mol. The number of aromatic carboxylic acids is 1. The zero-order chi connectivity index (χ0) is 21.7. The maximum atomic E-state index is 15.3. The molecule has 5 rings (SSSR count). The Labute approximate surface area is 181 Å². The van der Waals surface area contributed by atoms with E-state index in [2.05, 4.69) is 15.5 Å². The number of alkyl halides is 1. The van der Waals surface area contributed by atoms with E-state index in [1.807, 2.05) is 25.2 Å². The van der Waals surface area contributed by atoms with E-state index in [1.165, 1.54) is 0 Å². The zero-order valence-corrected chi connectivity index (χ0v) is 17.9. The first-order valence-electron chi connectivity index (χ1n) is 10.9. The molecule has 1 N–H and O–H groups in total. The van der Waals surface area contributed by atoms with Crippen LogP contribution in [0, 0.1) is 0 Å². The molecule has 0 radical (unpaired) electrons. The quantitative estimate of drug-likeness (QED) is 0.609. The van der Waals surface area contributed by atoms with Gasteiger partial charge in [0.15, 0.2) is 0 Å². The minimum Gasteiger partial charge on any atom is -0.497 e. The number of fused-ring (bicyclic) bond motifs is 5. The van der Waals surface area contributed by atoms with Gasteiger partial charge in [-0.15, -0.1) is 0 Å². The van der Waals surface area contributed by atoms with Gasteiger partial charge in [-0.05, 0) is 42.7 Å². The summed E-state index contributed by atoms with van der Waals surface area (Å²) in [4.78, 5) is 13.9. The van der Waals surface area contributed by atoms with Crippen LogP contribution in [0.4, 0.5) is 10.1 Å². The van der Waals surface area contributed by atoms with Crippen LogP contribution in [0.5, 0.6) is 5.75 Å². The highest BCUT2D eigenvalue weighted by Crippen LogP contribution is 2.48. The van der Waals surface area contributed by atoms with Gasteiger partial charge in [0.1, 0.15) is 11.9 Å². The summed E-state index contributed by atoms with van der Waals surface area (Å²) >= 11 is 0. The van der Waals surface area contributed by atoms with Gasteiger partial charge in [-0.3, -0.25) is 0 Å². The highest BCUT2D eigenvalue weighted by molar-refractivity contribution is 5.99. The van der Waals surface area contributed by atoms with Crippen molar-refractivity contribution in [1.82, 2.24) is 4.57 Å². The molecular formula is C25H27FN2O3. The number of halogens is 1. The molecule has 0 amide bonds. The van der Waals surface area contributed by atoms with Crippen LogP contribution in [0.15, 0.2) is 36.4 Å². The van der Waals surface area contributed by atoms with Crippen molar-refractivity contribution >= 4 is 22.6 Å². The number of anilines is 1. The largest absolute Gasteiger partial charge is 0.497 e. The number of likely N-dealkylation sites (N-methyl/N-ethyl adjacent to an activating group) is 1. The van der Waals surface area contributed by atoms with Crippen molar-refractivity contribution in [2.45, 2.75) is 44.3 Å². The Morgan fingerprint density at radius 1 is 1.13 bits per heavy atom. The van der Waals surface area contributed by atoms with E-state index in [9.17, 15) is 9.90 Å². The van der Waals surface area contributed by atoms with Crippen molar-refractivity contribution < 1.29 is 19.0 Å². The number of hydrogen-bond donors (Lipinski definition) is 1. The summed E-state index contributed by atoms with van der Waals surface area (Å²) < 4.78 is 22.9. The Kier molecular flexibility index (Phi) is 4.88. The molecule has 1 fully saturated rings. The van der Waals surface area contributed by atoms with E-state index in [-0.39, 0.29) is 11.5 Å². The summed E-state index contributed by atoms with van der Waals surface area (Å²) in [5.74, 6) is -0.344. The van der Waals surface area contributed by atoms with E-state index in [4.69, 9.17) is 4.74 Å². The van der Waals surface area contributed by atoms with E-state index < -0.39 is 12.1 Å². The summed E-state index contributed by atoms with van der Waals surface area (Å²) in [6.07, 6.45) is 2.45. The van der Waals surface area contributed by atoms with E-state index in [0.29, 0.717) is 13.0 Å². The number of aromatic nitrogens is 1. The monoisotopic (exact) mass is 422 g/mol. The lowest BCUT2D eigenvalue weighted by Gasteiger charge is -2.27. The van der Waals surface area contributed by atoms with Gasteiger partial charge in [-0.1, -0.05) is 18.9 Å². The van der Waals surface area contributed by atoms with Crippen LogP contribution in [-0.2, 0) is 6.54 Å². The predicted octanol–water partition coefficient (Wildman–Crippen LogP) is 5.46. The van der Waals surface area contributed by atoms with Gasteiger partial charge in [0.05, 0.1) is 18.4 Å². The van der Waals surface area contributed by atoms with Gasteiger partial charge in [-0.25, -0.2) is 9.18 Å². The summed E-state index contributed by atoms with van der Waals surface area (Å²) in [6.45, 7) is 1.46. The topological polar surface area (TPSA) is 54.7 Å². The zero-order valence-electron chi connectivity index (χ0n) is 17.9. The number of methoxy groups -OCH3 is 1. The number of hydrogen-bond acceptors (Lipinski definition) is 3. The van der Waals surface area contributed by atoms with Crippen LogP contribution in [-0.4, -0.2) is 42.5 Å². The summed E-state index contributed by atoms with van der Waals surface area (Å²) in [7, 11) is 3.71. The average molecular weight is 423 g/mol. The lowest BCUT2D eigenvalue weighted by atomic mass is 9.80. The number of benzene rings is 2. The fourth-order valence-corrected chi connectivity index (χ4v) is 5.34. The van der Waals surface area contributed by atoms with Gasteiger partial charge >= 0.3 is 5.97 Å². The number of carbonyl (C=O) groups is 1. The number of rotatable bonds is 3. The van der Waals surface area contributed by atoms with Crippen molar-refractivity contribution in [3.8, 4) is 17.0 Å². The van der Waals surface area contributed by atoms with Gasteiger partial charge in [0.25, 0.3) is 0 Å². The van der Waals surface area contributed by atoms with E-state index in [1.54, 1.807) is 19.2 Å². The van der Waals surface area contributed by atoms with Crippen LogP contribution >= 0.6 is 0 Å². The molecule has 3 aromatic rings. The van der Waals surface area contributed by atoms with Crippen LogP contribution < -0.4 is 9.64 Å². The Morgan fingerprint density at radius 3 is 2.68 bits per heavy atom. The molecule has 5 nitrogen and oxygen atoms in total. The molecule has 2 atom stereocenters. The first-order valence-corrected chi connectivity index (χ1v) is 10.9. The third-order valence-electron chi connectivity index (χ3n) is 6.93. The number of nitrogens with zero attached hydrogens (tertiary/aromatic N) is 2. The van der Waals surface area contributed by atoms with Crippen molar-refractivity contribution in [3.05, 3.63) is 47.5 Å². The Bertz CT molecular complexity index is 1170. The molecule has 2 aromatic carbocycles. The summed E-state index contributed by atoms with van der Waals surface area (Å²) in [6, 6.07) is 11.3. The van der Waals surface area contributed by atoms with Crippen LogP contribution in [0.1, 0.15) is 47.5 Å². The molecule has 0 unspecified atom stereocenters. The summed E-state index contributed by atoms with van der Waals surface area (Å²) in [5, 5.41) is 10.5. The second-order valence-electron chi connectivity index (χ2n) is 8.66. The molecule has 1 aliphatic heterocycles. The normalized spacial score (nSPS) is 20.8. The van der Waals surface area contributed by atoms with Crippen molar-refractivity contribution in [3.63, 3.8) is 0 Å². The fraction of sp³-hybridized carbons (Fsp3) is 0.400. The molecule has 1 saturated carbocycles. The van der Waals surface area contributed by atoms with E-state index >= 15 is 4.39 Å². The molecule has 0 saturated heterocycles. The second kappa shape index (κ2) is 7.59. The number of carboxylic acid groups (broad SMARTS) is 1. The number of ether oxygens (including phenoxy) is 1. The summed E-state index contributed by atoms with van der Waals surface area (Å²) in [5.41, 5.74) is 5.27. The Hall–Kier alpha value is -3.02. The molecule has 1 aliphatic carbocycles. The van der Waals surface area contributed by atoms with Crippen LogP contribution in [0.25, 0.3) is 22.2 Å². The third kappa shape index (κ3) is 3.16. The van der Waals surface area contributed by atoms with Gasteiger partial charge in [-0.2, -0.15) is 0 Å². The maximum absolute atomic E-state index is 15.3. The molecular weight excluding hydrogens is 395 g/mol. The standard InChI is InChI=1S/C25H27FN2O3/c1-27-11-12-28-22-13-15(25(29)30)7-9-18(22)23(17-5-3-4-6-20(17)26)24(28)19-10-8-16(31-2)14-21(19)27/h7-10,13-14,17,20H,3-6,11-12H2,1-2H3,(H,29,30)/t17-,20-/m1/s1. The minimum absolute atomic E-state index is 0.179. The van der Waals surface area contributed by atoms with Crippen molar-refractivity contribution in [2.24, 2.45) is 0 Å². The molecule has 0 spiro atoms. The van der Waals surface area contributed by atoms with E-state index in [0.717, 1.165) is 65.0 Å².